The zero-order chi connectivity index (χ0) is 11.0. The molecule has 6 nitrogen and oxygen atoms in total. The van der Waals surface area contributed by atoms with E-state index in [4.69, 9.17) is 4.74 Å². The molecule has 1 aliphatic rings. The van der Waals surface area contributed by atoms with E-state index in [0.717, 1.165) is 4.68 Å². The molecule has 1 aromatic heterocycles. The average Bonchev–Trinajstić information content (AvgIpc) is 2.21. The molecule has 0 saturated carbocycles. The van der Waals surface area contributed by atoms with Crippen LogP contribution < -0.4 is 15.2 Å². The van der Waals surface area contributed by atoms with Crippen LogP contribution in [0, 0.1) is 0 Å². The molecule has 0 aliphatic carbocycles. The molecule has 0 unspecified atom stereocenters. The molecule has 80 valence electrons. The Morgan fingerprint density at radius 1 is 1.47 bits per heavy atom. The Hall–Kier alpha value is -1.85. The van der Waals surface area contributed by atoms with E-state index < -0.39 is 5.56 Å². The van der Waals surface area contributed by atoms with Gasteiger partial charge in [0.1, 0.15) is 17.9 Å². The Bertz CT molecular complexity index is 466. The predicted molar refractivity (Wildman–Crippen MR) is 53.6 cm³/mol. The number of carbonyl (C=O) groups excluding carboxylic acids is 1. The van der Waals surface area contributed by atoms with Gasteiger partial charge in [0.05, 0.1) is 6.54 Å². The van der Waals surface area contributed by atoms with E-state index in [1.807, 2.05) is 0 Å². The van der Waals surface area contributed by atoms with Crippen molar-refractivity contribution >= 4 is 12.0 Å². The number of anilines is 1. The lowest BCUT2D eigenvalue weighted by Gasteiger charge is -2.27. The van der Waals surface area contributed by atoms with Crippen LogP contribution in [0.2, 0.25) is 0 Å². The number of aromatic nitrogens is 2. The number of aldehydes is 1. The lowest BCUT2D eigenvalue weighted by Crippen LogP contribution is -2.35. The van der Waals surface area contributed by atoms with Gasteiger partial charge in [-0.1, -0.05) is 0 Å². The van der Waals surface area contributed by atoms with Gasteiger partial charge in [-0.3, -0.25) is 9.59 Å². The highest BCUT2D eigenvalue weighted by atomic mass is 16.5. The van der Waals surface area contributed by atoms with Crippen LogP contribution in [-0.2, 0) is 7.05 Å². The molecular weight excluding hydrogens is 198 g/mol. The fraction of sp³-hybridized carbons (Fsp3) is 0.444. The second kappa shape index (κ2) is 3.38. The summed E-state index contributed by atoms with van der Waals surface area (Å²) in [6.45, 7) is 1.15. The summed E-state index contributed by atoms with van der Waals surface area (Å²) < 4.78 is 6.41. The van der Waals surface area contributed by atoms with Gasteiger partial charge in [-0.2, -0.15) is 0 Å². The van der Waals surface area contributed by atoms with Crippen molar-refractivity contribution in [1.29, 1.82) is 0 Å². The molecule has 2 heterocycles. The maximum Gasteiger partial charge on any atom is 0.279 e. The third-order valence-electron chi connectivity index (χ3n) is 2.39. The number of hydrogen-bond donors (Lipinski definition) is 0. The normalized spacial score (nSPS) is 14.4. The monoisotopic (exact) mass is 209 g/mol. The highest BCUT2D eigenvalue weighted by Crippen LogP contribution is 2.28. The maximum atomic E-state index is 11.6. The first-order valence-corrected chi connectivity index (χ1v) is 4.55. The molecular formula is C9H11N3O3. The third kappa shape index (κ3) is 1.38. The van der Waals surface area contributed by atoms with Crippen molar-refractivity contribution in [3.63, 3.8) is 0 Å². The van der Waals surface area contributed by atoms with Gasteiger partial charge in [0.2, 0.25) is 0 Å². The summed E-state index contributed by atoms with van der Waals surface area (Å²) in [4.78, 5) is 24.3. The largest absolute Gasteiger partial charge is 0.473 e. The Morgan fingerprint density at radius 3 is 2.87 bits per heavy atom. The summed E-state index contributed by atoms with van der Waals surface area (Å²) in [7, 11) is 3.29. The predicted octanol–water partition coefficient (Wildman–Crippen LogP) is -0.579. The molecule has 1 aliphatic heterocycles. The molecule has 6 heteroatoms. The number of aryl methyl sites for hydroxylation is 1. The van der Waals surface area contributed by atoms with E-state index in [1.54, 1.807) is 11.9 Å². The molecule has 0 bridgehead atoms. The molecule has 0 atom stereocenters. The van der Waals surface area contributed by atoms with Crippen LogP contribution in [0.5, 0.6) is 5.88 Å². The highest BCUT2D eigenvalue weighted by molar-refractivity contribution is 5.86. The van der Waals surface area contributed by atoms with E-state index >= 15 is 0 Å². The molecule has 0 amide bonds. The Kier molecular flexibility index (Phi) is 2.18. The zero-order valence-electron chi connectivity index (χ0n) is 8.56. The van der Waals surface area contributed by atoms with Crippen molar-refractivity contribution in [2.24, 2.45) is 7.05 Å². The number of rotatable bonds is 1. The van der Waals surface area contributed by atoms with Crippen LogP contribution in [0.1, 0.15) is 10.4 Å². The lowest BCUT2D eigenvalue weighted by atomic mass is 10.2. The first kappa shape index (κ1) is 9.70. The lowest BCUT2D eigenvalue weighted by molar-refractivity contribution is 0.112. The van der Waals surface area contributed by atoms with Gasteiger partial charge in [0, 0.05) is 14.1 Å². The fourth-order valence-corrected chi connectivity index (χ4v) is 1.58. The molecule has 1 aromatic rings. The first-order valence-electron chi connectivity index (χ1n) is 4.55. The second-order valence-corrected chi connectivity index (χ2v) is 3.38. The number of likely N-dealkylation sites (N-methyl/N-ethyl adjacent to an activating group) is 1. The zero-order valence-corrected chi connectivity index (χ0v) is 8.56. The quantitative estimate of drug-likeness (QED) is 0.579. The van der Waals surface area contributed by atoms with E-state index in [0.29, 0.717) is 31.0 Å². The standard InChI is InChI=1S/C9H11N3O3/c1-11-3-4-15-8-7(11)6(5-13)9(14)12(2)10-8/h5H,3-4H2,1-2H3. The molecule has 0 spiro atoms. The van der Waals surface area contributed by atoms with Crippen molar-refractivity contribution in [2.45, 2.75) is 0 Å². The highest BCUT2D eigenvalue weighted by Gasteiger charge is 2.23. The molecule has 0 fully saturated rings. The van der Waals surface area contributed by atoms with Crippen molar-refractivity contribution < 1.29 is 9.53 Å². The van der Waals surface area contributed by atoms with Crippen LogP contribution in [0.4, 0.5) is 5.69 Å². The summed E-state index contributed by atoms with van der Waals surface area (Å²) >= 11 is 0. The van der Waals surface area contributed by atoms with Gasteiger partial charge >= 0.3 is 0 Å². The van der Waals surface area contributed by atoms with Crippen molar-refractivity contribution in [3.8, 4) is 5.88 Å². The van der Waals surface area contributed by atoms with Crippen LogP contribution in [-0.4, -0.2) is 36.3 Å². The summed E-state index contributed by atoms with van der Waals surface area (Å²) in [5, 5.41) is 3.95. The number of fused-ring (bicyclic) bond motifs is 1. The molecule has 0 N–H and O–H groups in total. The first-order chi connectivity index (χ1) is 7.15. The second-order valence-electron chi connectivity index (χ2n) is 3.38. The maximum absolute atomic E-state index is 11.6. The van der Waals surface area contributed by atoms with Gasteiger partial charge in [-0.15, -0.1) is 5.10 Å². The van der Waals surface area contributed by atoms with Gasteiger partial charge in [-0.05, 0) is 0 Å². The SMILES string of the molecule is CN1CCOc2nn(C)c(=O)c(C=O)c21. The Balaban J connectivity index is 2.76. The van der Waals surface area contributed by atoms with Gasteiger partial charge in [-0.25, -0.2) is 4.68 Å². The number of ether oxygens (including phenoxy) is 1. The summed E-state index contributed by atoms with van der Waals surface area (Å²) in [6, 6.07) is 0. The number of carbonyl (C=O) groups is 1. The molecule has 2 rings (SSSR count). The third-order valence-corrected chi connectivity index (χ3v) is 2.39. The van der Waals surface area contributed by atoms with Crippen molar-refractivity contribution in [2.75, 3.05) is 25.1 Å². The van der Waals surface area contributed by atoms with Crippen LogP contribution in [0.3, 0.4) is 0 Å². The number of hydrogen-bond acceptors (Lipinski definition) is 5. The van der Waals surface area contributed by atoms with Crippen molar-refractivity contribution in [3.05, 3.63) is 15.9 Å². The molecule has 0 radical (unpaired) electrons. The van der Waals surface area contributed by atoms with Gasteiger partial charge in [0.25, 0.3) is 11.4 Å². The Labute approximate surface area is 86.1 Å². The van der Waals surface area contributed by atoms with E-state index in [1.165, 1.54) is 7.05 Å². The summed E-state index contributed by atoms with van der Waals surface area (Å²) in [5.74, 6) is 0.341. The fourth-order valence-electron chi connectivity index (χ4n) is 1.58. The van der Waals surface area contributed by atoms with E-state index in [9.17, 15) is 9.59 Å². The summed E-state index contributed by atoms with van der Waals surface area (Å²) in [5.41, 5.74) is 0.185. The van der Waals surface area contributed by atoms with E-state index in [2.05, 4.69) is 5.10 Å². The topological polar surface area (TPSA) is 64.4 Å². The molecule has 0 saturated heterocycles. The van der Waals surface area contributed by atoms with Gasteiger partial charge in [0.15, 0.2) is 6.29 Å². The molecule has 15 heavy (non-hydrogen) atoms. The Morgan fingerprint density at radius 2 is 2.20 bits per heavy atom. The van der Waals surface area contributed by atoms with Crippen LogP contribution in [0.15, 0.2) is 4.79 Å². The smallest absolute Gasteiger partial charge is 0.279 e. The average molecular weight is 209 g/mol. The number of nitrogens with zero attached hydrogens (tertiary/aromatic N) is 3. The van der Waals surface area contributed by atoms with Gasteiger partial charge < -0.3 is 9.64 Å². The molecule has 0 aromatic carbocycles. The van der Waals surface area contributed by atoms with Crippen molar-refractivity contribution in [1.82, 2.24) is 9.78 Å². The van der Waals surface area contributed by atoms with E-state index in [-0.39, 0.29) is 5.56 Å². The van der Waals surface area contributed by atoms with Crippen LogP contribution in [0.25, 0.3) is 0 Å². The van der Waals surface area contributed by atoms with Crippen LogP contribution >= 0.6 is 0 Å². The minimum absolute atomic E-state index is 0.102. The minimum atomic E-state index is -0.402. The minimum Gasteiger partial charge on any atom is -0.473 e. The summed E-state index contributed by atoms with van der Waals surface area (Å²) in [6.07, 6.45) is 0.550.